The maximum Gasteiger partial charge on any atom is 0.209 e. The number of anilines is 2. The van der Waals surface area contributed by atoms with Crippen molar-refractivity contribution in [3.05, 3.63) is 48.8 Å². The van der Waals surface area contributed by atoms with Crippen LogP contribution in [0.2, 0.25) is 0 Å². The molecule has 2 fully saturated rings. The summed E-state index contributed by atoms with van der Waals surface area (Å²) in [6, 6.07) is 13.2. The molecule has 2 saturated heterocycles. The number of likely N-dealkylation sites (N-methyl/N-ethyl adjacent to an activating group) is 1. The Labute approximate surface area is 183 Å². The van der Waals surface area contributed by atoms with Gasteiger partial charge >= 0.3 is 0 Å². The first-order valence-corrected chi connectivity index (χ1v) is 11.2. The molecule has 162 valence electrons. The molecule has 1 amide bonds. The topological polar surface area (TPSA) is 47.3 Å². The maximum atomic E-state index is 11.0. The van der Waals surface area contributed by atoms with Crippen LogP contribution in [0.25, 0.3) is 16.6 Å². The Hall–Kier alpha value is -3.06. The fourth-order valence-electron chi connectivity index (χ4n) is 4.68. The number of rotatable bonds is 5. The van der Waals surface area contributed by atoms with Gasteiger partial charge in [0.25, 0.3) is 0 Å². The Morgan fingerprint density at radius 2 is 1.58 bits per heavy atom. The molecule has 0 radical (unpaired) electrons. The molecule has 31 heavy (non-hydrogen) atoms. The van der Waals surface area contributed by atoms with Crippen LogP contribution in [0, 0.1) is 0 Å². The molecule has 5 rings (SSSR count). The molecule has 1 aromatic carbocycles. The Morgan fingerprint density at radius 1 is 0.871 bits per heavy atom. The summed E-state index contributed by atoms with van der Waals surface area (Å²) in [6.45, 7) is 11.0. The average Bonchev–Trinajstić information content (AvgIpc) is 3.29. The molecule has 0 bridgehead atoms. The van der Waals surface area contributed by atoms with Crippen LogP contribution in [0.5, 0.6) is 0 Å². The standard InChI is InChI=1S/C24H30N6O/c1-2-26-9-13-28(14-10-26)22-5-3-20(4-6-22)21-17-24-23(7-8-25-30(24)18-21)29-15-11-27(19-31)12-16-29/h3-8,17-19H,2,9-16H2,1H3. The summed E-state index contributed by atoms with van der Waals surface area (Å²) in [4.78, 5) is 20.2. The molecule has 2 aliphatic heterocycles. The van der Waals surface area contributed by atoms with Crippen molar-refractivity contribution in [3.8, 4) is 11.1 Å². The number of carbonyl (C=O) groups is 1. The van der Waals surface area contributed by atoms with E-state index >= 15 is 0 Å². The SMILES string of the molecule is CCN1CCN(c2ccc(-c3cc4c(N5CCN(C=O)CC5)ccnn4c3)cc2)CC1. The first-order valence-electron chi connectivity index (χ1n) is 11.2. The van der Waals surface area contributed by atoms with Gasteiger partial charge in [0.2, 0.25) is 6.41 Å². The van der Waals surface area contributed by atoms with E-state index in [0.29, 0.717) is 0 Å². The fourth-order valence-corrected chi connectivity index (χ4v) is 4.68. The first-order chi connectivity index (χ1) is 15.2. The van der Waals surface area contributed by atoms with Gasteiger partial charge in [-0.2, -0.15) is 5.10 Å². The van der Waals surface area contributed by atoms with E-state index in [9.17, 15) is 4.79 Å². The molecule has 2 aromatic heterocycles. The molecular formula is C24H30N6O. The second-order valence-electron chi connectivity index (χ2n) is 8.37. The molecule has 4 heterocycles. The summed E-state index contributed by atoms with van der Waals surface area (Å²) in [6.07, 6.45) is 4.91. The summed E-state index contributed by atoms with van der Waals surface area (Å²) in [5.41, 5.74) is 5.97. The van der Waals surface area contributed by atoms with E-state index in [2.05, 4.69) is 69.3 Å². The lowest BCUT2D eigenvalue weighted by molar-refractivity contribution is -0.118. The van der Waals surface area contributed by atoms with Gasteiger partial charge in [-0.05, 0) is 36.4 Å². The Balaban J connectivity index is 1.35. The molecule has 0 spiro atoms. The number of benzene rings is 1. The zero-order valence-corrected chi connectivity index (χ0v) is 18.2. The van der Waals surface area contributed by atoms with Crippen LogP contribution in [0.15, 0.2) is 48.8 Å². The number of hydrogen-bond donors (Lipinski definition) is 0. The van der Waals surface area contributed by atoms with Gasteiger partial charge in [-0.3, -0.25) is 4.79 Å². The van der Waals surface area contributed by atoms with Crippen molar-refractivity contribution in [3.63, 3.8) is 0 Å². The minimum Gasteiger partial charge on any atom is -0.369 e. The minimum absolute atomic E-state index is 0.763. The van der Waals surface area contributed by atoms with E-state index in [4.69, 9.17) is 0 Å². The van der Waals surface area contributed by atoms with Gasteiger partial charge in [0.15, 0.2) is 0 Å². The second-order valence-corrected chi connectivity index (χ2v) is 8.37. The molecule has 2 aliphatic rings. The van der Waals surface area contributed by atoms with Crippen molar-refractivity contribution >= 4 is 23.3 Å². The molecule has 0 unspecified atom stereocenters. The summed E-state index contributed by atoms with van der Waals surface area (Å²) < 4.78 is 1.97. The van der Waals surface area contributed by atoms with E-state index in [0.717, 1.165) is 70.8 Å². The third kappa shape index (κ3) is 3.97. The second kappa shape index (κ2) is 8.59. The van der Waals surface area contributed by atoms with Crippen LogP contribution < -0.4 is 9.80 Å². The van der Waals surface area contributed by atoms with Gasteiger partial charge < -0.3 is 19.6 Å². The van der Waals surface area contributed by atoms with Gasteiger partial charge in [-0.25, -0.2) is 4.52 Å². The number of piperazine rings is 2. The van der Waals surface area contributed by atoms with Crippen LogP contribution in [0.1, 0.15) is 6.92 Å². The van der Waals surface area contributed by atoms with E-state index in [1.54, 1.807) is 0 Å². The van der Waals surface area contributed by atoms with Crippen LogP contribution in [0.3, 0.4) is 0 Å². The van der Waals surface area contributed by atoms with E-state index in [-0.39, 0.29) is 0 Å². The largest absolute Gasteiger partial charge is 0.369 e. The lowest BCUT2D eigenvalue weighted by Gasteiger charge is -2.35. The molecule has 0 saturated carbocycles. The molecule has 0 aliphatic carbocycles. The van der Waals surface area contributed by atoms with Crippen molar-refractivity contribution in [2.45, 2.75) is 6.92 Å². The van der Waals surface area contributed by atoms with Gasteiger partial charge in [0, 0.05) is 76.0 Å². The summed E-state index contributed by atoms with van der Waals surface area (Å²) in [7, 11) is 0. The number of aromatic nitrogens is 2. The Morgan fingerprint density at radius 3 is 2.26 bits per heavy atom. The summed E-state index contributed by atoms with van der Waals surface area (Å²) in [5.74, 6) is 0. The Bertz CT molecular complexity index is 1030. The predicted octanol–water partition coefficient (Wildman–Crippen LogP) is 2.42. The van der Waals surface area contributed by atoms with Crippen LogP contribution in [-0.2, 0) is 4.79 Å². The number of carbonyl (C=O) groups excluding carboxylic acids is 1. The Kier molecular flexibility index (Phi) is 5.51. The van der Waals surface area contributed by atoms with Gasteiger partial charge in [0.1, 0.15) is 0 Å². The monoisotopic (exact) mass is 418 g/mol. The highest BCUT2D eigenvalue weighted by Gasteiger charge is 2.19. The average molecular weight is 419 g/mol. The molecular weight excluding hydrogens is 388 g/mol. The number of fused-ring (bicyclic) bond motifs is 1. The molecule has 0 atom stereocenters. The quantitative estimate of drug-likeness (QED) is 0.596. The van der Waals surface area contributed by atoms with Crippen molar-refractivity contribution in [1.82, 2.24) is 19.4 Å². The predicted molar refractivity (Wildman–Crippen MR) is 125 cm³/mol. The van der Waals surface area contributed by atoms with Crippen LogP contribution in [0.4, 0.5) is 11.4 Å². The molecule has 0 N–H and O–H groups in total. The number of amides is 1. The van der Waals surface area contributed by atoms with Crippen molar-refractivity contribution < 1.29 is 4.79 Å². The smallest absolute Gasteiger partial charge is 0.209 e. The summed E-state index contributed by atoms with van der Waals surface area (Å²) >= 11 is 0. The lowest BCUT2D eigenvalue weighted by atomic mass is 10.1. The molecule has 3 aromatic rings. The highest BCUT2D eigenvalue weighted by molar-refractivity contribution is 5.80. The zero-order chi connectivity index (χ0) is 21.2. The van der Waals surface area contributed by atoms with Gasteiger partial charge in [-0.15, -0.1) is 0 Å². The number of nitrogens with zero attached hydrogens (tertiary/aromatic N) is 6. The van der Waals surface area contributed by atoms with Crippen molar-refractivity contribution in [1.29, 1.82) is 0 Å². The molecule has 7 heteroatoms. The van der Waals surface area contributed by atoms with Crippen molar-refractivity contribution in [2.75, 3.05) is 68.7 Å². The molecule has 7 nitrogen and oxygen atoms in total. The number of hydrogen-bond acceptors (Lipinski definition) is 5. The minimum atomic E-state index is 0.763. The fraction of sp³-hybridized carbons (Fsp3) is 0.417. The third-order valence-corrected chi connectivity index (χ3v) is 6.68. The van der Waals surface area contributed by atoms with Crippen LogP contribution >= 0.6 is 0 Å². The highest BCUT2D eigenvalue weighted by atomic mass is 16.1. The zero-order valence-electron chi connectivity index (χ0n) is 18.2. The van der Waals surface area contributed by atoms with Gasteiger partial charge in [0.05, 0.1) is 11.2 Å². The van der Waals surface area contributed by atoms with E-state index in [1.165, 1.54) is 22.5 Å². The van der Waals surface area contributed by atoms with E-state index in [1.807, 2.05) is 15.6 Å². The lowest BCUT2D eigenvalue weighted by Crippen LogP contribution is -2.46. The van der Waals surface area contributed by atoms with Crippen LogP contribution in [-0.4, -0.2) is 84.7 Å². The maximum absolute atomic E-state index is 11.0. The normalized spacial score (nSPS) is 18.0. The highest BCUT2D eigenvalue weighted by Crippen LogP contribution is 2.30. The van der Waals surface area contributed by atoms with Gasteiger partial charge in [-0.1, -0.05) is 19.1 Å². The van der Waals surface area contributed by atoms with Crippen molar-refractivity contribution in [2.24, 2.45) is 0 Å². The third-order valence-electron chi connectivity index (χ3n) is 6.68. The first kappa shape index (κ1) is 19.9. The van der Waals surface area contributed by atoms with E-state index < -0.39 is 0 Å². The summed E-state index contributed by atoms with van der Waals surface area (Å²) in [5, 5.41) is 4.53.